The molecule has 4 rings (SSSR count). The highest BCUT2D eigenvalue weighted by atomic mass is 32.2. The fraction of sp³-hybridized carbons (Fsp3) is 0.450. The van der Waals surface area contributed by atoms with Crippen LogP contribution in [0.4, 0.5) is 11.5 Å². The molecule has 10 heteroatoms. The van der Waals surface area contributed by atoms with E-state index in [-0.39, 0.29) is 23.2 Å². The number of rotatable bonds is 5. The number of benzene rings is 1. The van der Waals surface area contributed by atoms with Crippen molar-refractivity contribution in [1.29, 1.82) is 0 Å². The summed E-state index contributed by atoms with van der Waals surface area (Å²) in [7, 11) is -3.86. The number of aryl methyl sites for hydroxylation is 1. The van der Waals surface area contributed by atoms with Crippen LogP contribution in [0.2, 0.25) is 0 Å². The molecule has 2 aliphatic heterocycles. The van der Waals surface area contributed by atoms with Gasteiger partial charge in [0, 0.05) is 31.3 Å². The van der Waals surface area contributed by atoms with Gasteiger partial charge in [-0.1, -0.05) is 5.16 Å². The predicted octanol–water partition coefficient (Wildman–Crippen LogP) is 2.29. The van der Waals surface area contributed by atoms with E-state index in [1.165, 1.54) is 16.4 Å². The summed E-state index contributed by atoms with van der Waals surface area (Å²) in [5.41, 5.74) is 0.691. The molecule has 2 aliphatic rings. The lowest BCUT2D eigenvalue weighted by atomic mass is 10.1. The van der Waals surface area contributed by atoms with Crippen molar-refractivity contribution >= 4 is 33.3 Å². The number of hydrogen-bond acceptors (Lipinski definition) is 6. The van der Waals surface area contributed by atoms with Crippen LogP contribution >= 0.6 is 0 Å². The van der Waals surface area contributed by atoms with Crippen LogP contribution in [-0.2, 0) is 19.6 Å². The highest BCUT2D eigenvalue weighted by Crippen LogP contribution is 2.29. The Morgan fingerprint density at radius 1 is 1.17 bits per heavy atom. The molecule has 160 valence electrons. The molecule has 1 aromatic carbocycles. The van der Waals surface area contributed by atoms with Crippen molar-refractivity contribution in [3.05, 3.63) is 36.1 Å². The first-order chi connectivity index (χ1) is 14.4. The van der Waals surface area contributed by atoms with Crippen LogP contribution in [0.5, 0.6) is 0 Å². The number of hydrogen-bond donors (Lipinski definition) is 1. The third kappa shape index (κ3) is 3.97. The van der Waals surface area contributed by atoms with E-state index in [1.54, 1.807) is 30.0 Å². The van der Waals surface area contributed by atoms with Crippen LogP contribution in [0.1, 0.15) is 37.9 Å². The lowest BCUT2D eigenvalue weighted by Crippen LogP contribution is -2.43. The molecule has 30 heavy (non-hydrogen) atoms. The summed E-state index contributed by atoms with van der Waals surface area (Å²) in [6.07, 6.45) is 3.35. The van der Waals surface area contributed by atoms with Crippen molar-refractivity contribution in [3.63, 3.8) is 0 Å². The van der Waals surface area contributed by atoms with Crippen LogP contribution in [0.3, 0.4) is 0 Å². The third-order valence-corrected chi connectivity index (χ3v) is 7.39. The van der Waals surface area contributed by atoms with E-state index in [1.807, 2.05) is 0 Å². The van der Waals surface area contributed by atoms with E-state index in [4.69, 9.17) is 4.52 Å². The quantitative estimate of drug-likeness (QED) is 0.776. The van der Waals surface area contributed by atoms with Gasteiger partial charge in [-0.15, -0.1) is 0 Å². The van der Waals surface area contributed by atoms with E-state index in [9.17, 15) is 18.0 Å². The van der Waals surface area contributed by atoms with Gasteiger partial charge in [-0.25, -0.2) is 8.42 Å². The van der Waals surface area contributed by atoms with Gasteiger partial charge in [-0.2, -0.15) is 4.31 Å². The molecule has 0 spiro atoms. The number of carbonyl (C=O) groups excluding carboxylic acids is 2. The number of piperidine rings is 1. The molecule has 9 nitrogen and oxygen atoms in total. The Morgan fingerprint density at radius 2 is 1.93 bits per heavy atom. The molecule has 2 fully saturated rings. The highest BCUT2D eigenvalue weighted by molar-refractivity contribution is 7.89. The summed E-state index contributed by atoms with van der Waals surface area (Å²) in [6, 6.07) is 7.07. The molecule has 0 radical (unpaired) electrons. The second kappa shape index (κ2) is 8.19. The maximum absolute atomic E-state index is 13.2. The van der Waals surface area contributed by atoms with Gasteiger partial charge in [0.25, 0.3) is 0 Å². The van der Waals surface area contributed by atoms with Gasteiger partial charge in [-0.3, -0.25) is 9.59 Å². The van der Waals surface area contributed by atoms with Crippen LogP contribution in [0, 0.1) is 6.92 Å². The summed E-state index contributed by atoms with van der Waals surface area (Å²) >= 11 is 0. The van der Waals surface area contributed by atoms with Crippen LogP contribution < -0.4 is 10.2 Å². The maximum Gasteiger partial charge on any atom is 0.244 e. The van der Waals surface area contributed by atoms with Crippen molar-refractivity contribution in [2.24, 2.45) is 0 Å². The second-order valence-electron chi connectivity index (χ2n) is 7.58. The molecule has 2 amide bonds. The molecule has 0 aliphatic carbocycles. The second-order valence-corrected chi connectivity index (χ2v) is 9.47. The Labute approximate surface area is 175 Å². The minimum atomic E-state index is -3.86. The zero-order valence-electron chi connectivity index (χ0n) is 16.7. The first-order valence-corrected chi connectivity index (χ1v) is 11.5. The number of aromatic nitrogens is 1. The number of nitrogens with zero attached hydrogens (tertiary/aromatic N) is 3. The average Bonchev–Trinajstić information content (AvgIpc) is 3.38. The molecule has 1 atom stereocenters. The van der Waals surface area contributed by atoms with E-state index < -0.39 is 22.0 Å². The van der Waals surface area contributed by atoms with Gasteiger partial charge < -0.3 is 14.7 Å². The molecule has 1 unspecified atom stereocenters. The molecule has 0 bridgehead atoms. The lowest BCUT2D eigenvalue weighted by molar-refractivity contribution is -0.120. The predicted molar refractivity (Wildman–Crippen MR) is 109 cm³/mol. The first kappa shape index (κ1) is 20.5. The molecule has 1 N–H and O–H groups in total. The lowest BCUT2D eigenvalue weighted by Gasteiger charge is -2.27. The number of nitrogens with one attached hydrogen (secondary N) is 1. The Hall–Kier alpha value is -2.72. The van der Waals surface area contributed by atoms with Crippen LogP contribution in [0.25, 0.3) is 0 Å². The minimum Gasteiger partial charge on any atom is -0.360 e. The standard InChI is InChI=1S/C20H24N4O5S/c1-14-13-18(22-29-14)21-20(26)17-5-4-12-24(17)30(27,28)16-9-7-15(8-10-16)23-11-3-2-6-19(23)25/h7-10,13,17H,2-6,11-12H2,1H3,(H,21,22,26). The Morgan fingerprint density at radius 3 is 2.60 bits per heavy atom. The summed E-state index contributed by atoms with van der Waals surface area (Å²) in [6.45, 7) is 2.61. The first-order valence-electron chi connectivity index (χ1n) is 10.0. The number of amides is 2. The Kier molecular flexibility index (Phi) is 5.61. The molecular formula is C20H24N4O5S. The number of sulfonamides is 1. The summed E-state index contributed by atoms with van der Waals surface area (Å²) in [4.78, 5) is 26.6. The van der Waals surface area contributed by atoms with E-state index in [0.717, 1.165) is 12.8 Å². The molecule has 3 heterocycles. The van der Waals surface area contributed by atoms with Gasteiger partial charge in [-0.05, 0) is 56.9 Å². The normalized spacial score (nSPS) is 20.5. The van der Waals surface area contributed by atoms with E-state index in [2.05, 4.69) is 10.5 Å². The van der Waals surface area contributed by atoms with Gasteiger partial charge in [0.1, 0.15) is 11.8 Å². The average molecular weight is 433 g/mol. The highest BCUT2D eigenvalue weighted by Gasteiger charge is 2.39. The van der Waals surface area contributed by atoms with Crippen molar-refractivity contribution in [2.45, 2.75) is 50.0 Å². The number of carbonyl (C=O) groups is 2. The van der Waals surface area contributed by atoms with Crippen LogP contribution in [-0.4, -0.2) is 48.8 Å². The largest absolute Gasteiger partial charge is 0.360 e. The fourth-order valence-electron chi connectivity index (χ4n) is 3.94. The van der Waals surface area contributed by atoms with Crippen molar-refractivity contribution in [1.82, 2.24) is 9.46 Å². The van der Waals surface area contributed by atoms with Crippen molar-refractivity contribution < 1.29 is 22.5 Å². The van der Waals surface area contributed by atoms with Gasteiger partial charge in [0.2, 0.25) is 21.8 Å². The van der Waals surface area contributed by atoms with Crippen molar-refractivity contribution in [2.75, 3.05) is 23.3 Å². The van der Waals surface area contributed by atoms with Gasteiger partial charge >= 0.3 is 0 Å². The fourth-order valence-corrected chi connectivity index (χ4v) is 5.59. The van der Waals surface area contributed by atoms with E-state index >= 15 is 0 Å². The molecular weight excluding hydrogens is 408 g/mol. The summed E-state index contributed by atoms with van der Waals surface area (Å²) < 4.78 is 32.5. The van der Waals surface area contributed by atoms with E-state index in [0.29, 0.717) is 37.3 Å². The van der Waals surface area contributed by atoms with Crippen molar-refractivity contribution in [3.8, 4) is 0 Å². The third-order valence-electron chi connectivity index (χ3n) is 5.46. The minimum absolute atomic E-state index is 0.0521. The molecule has 0 saturated carbocycles. The summed E-state index contributed by atoms with van der Waals surface area (Å²) in [5.74, 6) is 0.432. The molecule has 2 saturated heterocycles. The monoisotopic (exact) mass is 432 g/mol. The number of anilines is 2. The summed E-state index contributed by atoms with van der Waals surface area (Å²) in [5, 5.41) is 6.35. The Balaban J connectivity index is 1.51. The molecule has 1 aromatic heterocycles. The van der Waals surface area contributed by atoms with Gasteiger partial charge in [0.15, 0.2) is 5.82 Å². The zero-order valence-corrected chi connectivity index (χ0v) is 17.5. The maximum atomic E-state index is 13.2. The van der Waals surface area contributed by atoms with Gasteiger partial charge in [0.05, 0.1) is 4.90 Å². The topological polar surface area (TPSA) is 113 Å². The Bertz CT molecular complexity index is 1050. The SMILES string of the molecule is Cc1cc(NC(=O)C2CCCN2S(=O)(=O)c2ccc(N3CCCCC3=O)cc2)no1. The zero-order chi connectivity index (χ0) is 21.3. The smallest absolute Gasteiger partial charge is 0.244 e. The molecule has 2 aromatic rings. The van der Waals surface area contributed by atoms with Crippen LogP contribution in [0.15, 0.2) is 39.8 Å².